The van der Waals surface area contributed by atoms with Gasteiger partial charge in [0.1, 0.15) is 36.7 Å². The lowest BCUT2D eigenvalue weighted by Gasteiger charge is -2.49. The number of anilines is 1. The van der Waals surface area contributed by atoms with Gasteiger partial charge in [0.2, 0.25) is 11.5 Å². The minimum atomic E-state index is -1.15. The van der Waals surface area contributed by atoms with E-state index in [0.717, 1.165) is 47.5 Å². The molecule has 2 atom stereocenters. The summed E-state index contributed by atoms with van der Waals surface area (Å²) < 4.78 is 4.57. The largest absolute Gasteiger partial charge is 0.477 e. The molecule has 1 aromatic heterocycles. The van der Waals surface area contributed by atoms with Crippen molar-refractivity contribution < 1.29 is 29.2 Å². The van der Waals surface area contributed by atoms with E-state index in [4.69, 9.17) is 5.73 Å². The maximum Gasteiger partial charge on any atom is 0.352 e. The molecule has 0 bridgehead atoms. The number of β-lactam (4-membered cyclic amide) rings is 1. The fourth-order valence-electron chi connectivity index (χ4n) is 5.34. The number of hydrogen-bond donors (Lipinski definition) is 4. The summed E-state index contributed by atoms with van der Waals surface area (Å²) in [7, 11) is 2.14. The summed E-state index contributed by atoms with van der Waals surface area (Å²) in [5.74, 6) is -2.22. The molecule has 1 aromatic rings. The zero-order valence-electron chi connectivity index (χ0n) is 18.4. The van der Waals surface area contributed by atoms with Gasteiger partial charge in [-0.3, -0.25) is 14.5 Å². The number of carbonyl (C=O) groups is 3. The van der Waals surface area contributed by atoms with Crippen LogP contribution >= 0.6 is 23.3 Å². The first kappa shape index (κ1) is 22.8. The Labute approximate surface area is 202 Å². The average molecular weight is 507 g/mol. The fourth-order valence-corrected chi connectivity index (χ4v) is 7.11. The standard InChI is InChI=1S/C20H23N7O5S2/c1-27(5-9-3-2-4-10(9)6-27)7-11-8-33-18-13(17(29)26(18)14(11)19(30)31)22-16(28)12(24-32)15-23-20(21)34-25-15/h13,18H,2-8H2,1H3,(H4-,21,22,23,25,28,30,31,32)/p+1/t13-,18-/m1/s1. The van der Waals surface area contributed by atoms with Gasteiger partial charge in [0.05, 0.1) is 7.05 Å². The average Bonchev–Trinajstić information content (AvgIpc) is 3.47. The molecule has 0 spiro atoms. The van der Waals surface area contributed by atoms with Crippen LogP contribution in [0.15, 0.2) is 27.6 Å². The zero-order chi connectivity index (χ0) is 24.2. The molecule has 4 aliphatic rings. The van der Waals surface area contributed by atoms with E-state index in [1.54, 1.807) is 0 Å². The molecule has 4 heterocycles. The fraction of sp³-hybridized carbons (Fsp3) is 0.500. The number of hydrogen-bond acceptors (Lipinski definition) is 10. The summed E-state index contributed by atoms with van der Waals surface area (Å²) in [6.07, 6.45) is 3.45. The Morgan fingerprint density at radius 3 is 2.62 bits per heavy atom. The molecule has 1 fully saturated rings. The van der Waals surface area contributed by atoms with Gasteiger partial charge in [-0.2, -0.15) is 9.36 Å². The number of nitrogen functional groups attached to an aromatic ring is 1. The smallest absolute Gasteiger partial charge is 0.352 e. The number of nitrogens with two attached hydrogens (primary N) is 1. The molecule has 14 heteroatoms. The second-order valence-corrected chi connectivity index (χ2v) is 11.1. The second kappa shape index (κ2) is 8.36. The van der Waals surface area contributed by atoms with E-state index in [1.807, 2.05) is 0 Å². The van der Waals surface area contributed by atoms with Gasteiger partial charge in [-0.15, -0.1) is 11.8 Å². The lowest BCUT2D eigenvalue weighted by molar-refractivity contribution is -0.890. The van der Waals surface area contributed by atoms with Gasteiger partial charge in [-0.1, -0.05) is 5.16 Å². The van der Waals surface area contributed by atoms with Gasteiger partial charge in [0, 0.05) is 22.9 Å². The van der Waals surface area contributed by atoms with E-state index in [1.165, 1.54) is 34.2 Å². The number of amides is 2. The van der Waals surface area contributed by atoms with E-state index in [9.17, 15) is 24.7 Å². The van der Waals surface area contributed by atoms with E-state index in [2.05, 4.69) is 26.9 Å². The normalized spacial score (nSPS) is 25.9. The number of nitrogens with one attached hydrogen (secondary N) is 1. The molecule has 2 amide bonds. The van der Waals surface area contributed by atoms with Crippen molar-refractivity contribution in [2.24, 2.45) is 5.16 Å². The van der Waals surface area contributed by atoms with Crippen LogP contribution in [0.1, 0.15) is 25.1 Å². The molecule has 5 rings (SSSR count). The predicted molar refractivity (Wildman–Crippen MR) is 124 cm³/mol. The second-order valence-electron chi connectivity index (χ2n) is 9.18. The van der Waals surface area contributed by atoms with Gasteiger partial charge in [-0.25, -0.2) is 4.79 Å². The van der Waals surface area contributed by atoms with Crippen LogP contribution in [0.3, 0.4) is 0 Å². The number of aromatic nitrogens is 2. The van der Waals surface area contributed by atoms with E-state index < -0.39 is 34.9 Å². The number of fused-ring (bicyclic) bond motifs is 1. The summed E-state index contributed by atoms with van der Waals surface area (Å²) >= 11 is 2.25. The quantitative estimate of drug-likeness (QED) is 0.103. The van der Waals surface area contributed by atoms with E-state index in [0.29, 0.717) is 12.3 Å². The Kier molecular flexibility index (Phi) is 5.61. The van der Waals surface area contributed by atoms with Crippen molar-refractivity contribution in [1.29, 1.82) is 0 Å². The van der Waals surface area contributed by atoms with Crippen LogP contribution in [0, 0.1) is 0 Å². The Morgan fingerprint density at radius 1 is 1.32 bits per heavy atom. The molecule has 12 nitrogen and oxygen atoms in total. The zero-order valence-corrected chi connectivity index (χ0v) is 20.0. The third-order valence-corrected chi connectivity index (χ3v) is 8.56. The first-order valence-electron chi connectivity index (χ1n) is 10.8. The minimum absolute atomic E-state index is 0.00986. The SMILES string of the molecule is C[N+]1(CC2=C(C(=O)O)N3C(=O)[C@@H](NC(=O)/C(=N\O)c4nsc(N)n4)[C@H]3SC2)CC2=C(CCC2)C1. The number of quaternary nitrogens is 1. The molecule has 3 aliphatic heterocycles. The Bertz CT molecular complexity index is 1170. The number of likely N-dealkylation sites (N-methyl/N-ethyl adjacent to an activating group) is 1. The molecule has 5 N–H and O–H groups in total. The number of oxime groups is 1. The van der Waals surface area contributed by atoms with Crippen molar-refractivity contribution in [1.82, 2.24) is 19.6 Å². The lowest BCUT2D eigenvalue weighted by atomic mass is 10.0. The minimum Gasteiger partial charge on any atom is -0.477 e. The molecule has 180 valence electrons. The molecule has 1 aliphatic carbocycles. The van der Waals surface area contributed by atoms with Crippen LogP contribution < -0.4 is 11.1 Å². The third-order valence-electron chi connectivity index (χ3n) is 6.68. The molecular weight excluding hydrogens is 482 g/mol. The van der Waals surface area contributed by atoms with Crippen LogP contribution in [0.2, 0.25) is 0 Å². The van der Waals surface area contributed by atoms with E-state index in [-0.39, 0.29) is 16.7 Å². The summed E-state index contributed by atoms with van der Waals surface area (Å²) in [5, 5.41) is 24.2. The number of carbonyl (C=O) groups excluding carboxylic acids is 2. The summed E-state index contributed by atoms with van der Waals surface area (Å²) in [6.45, 7) is 2.41. The maximum absolute atomic E-state index is 13.0. The van der Waals surface area contributed by atoms with Crippen LogP contribution in [0.25, 0.3) is 0 Å². The lowest BCUT2D eigenvalue weighted by Crippen LogP contribution is -2.71. The number of rotatable bonds is 6. The molecular formula is C20H24N7O5S2+. The van der Waals surface area contributed by atoms with Gasteiger partial charge >= 0.3 is 5.97 Å². The maximum atomic E-state index is 13.0. The van der Waals surface area contributed by atoms with Gasteiger partial charge in [0.25, 0.3) is 11.8 Å². The summed E-state index contributed by atoms with van der Waals surface area (Å²) in [6, 6.07) is -0.955. The Balaban J connectivity index is 1.31. The molecule has 0 aromatic carbocycles. The first-order valence-corrected chi connectivity index (χ1v) is 12.6. The van der Waals surface area contributed by atoms with Crippen molar-refractivity contribution >= 4 is 51.9 Å². The monoisotopic (exact) mass is 506 g/mol. The number of thioether (sulfide) groups is 1. The number of aliphatic carboxylic acids is 1. The number of carboxylic acids is 1. The Hall–Kier alpha value is -2.97. The molecule has 0 saturated carbocycles. The van der Waals surface area contributed by atoms with Crippen molar-refractivity contribution in [2.75, 3.05) is 38.2 Å². The highest BCUT2D eigenvalue weighted by Crippen LogP contribution is 2.42. The number of likely N-dealkylation sites (tertiary alicyclic amines) is 1. The van der Waals surface area contributed by atoms with Crippen molar-refractivity contribution in [3.8, 4) is 0 Å². The topological polar surface area (TPSA) is 171 Å². The van der Waals surface area contributed by atoms with Gasteiger partial charge in [-0.05, 0) is 30.4 Å². The Morgan fingerprint density at radius 2 is 2.03 bits per heavy atom. The number of carboxylic acid groups (broad SMARTS) is 1. The van der Waals surface area contributed by atoms with E-state index >= 15 is 0 Å². The molecule has 0 unspecified atom stereocenters. The molecule has 1 saturated heterocycles. The highest BCUT2D eigenvalue weighted by Gasteiger charge is 2.55. The predicted octanol–water partition coefficient (Wildman–Crippen LogP) is -0.0221. The van der Waals surface area contributed by atoms with Crippen LogP contribution in [0.5, 0.6) is 0 Å². The van der Waals surface area contributed by atoms with Crippen molar-refractivity contribution in [3.05, 3.63) is 28.2 Å². The first-order chi connectivity index (χ1) is 16.2. The van der Waals surface area contributed by atoms with Crippen molar-refractivity contribution in [3.63, 3.8) is 0 Å². The molecule has 0 radical (unpaired) electrons. The highest BCUT2D eigenvalue weighted by molar-refractivity contribution is 8.00. The molecule has 34 heavy (non-hydrogen) atoms. The highest BCUT2D eigenvalue weighted by atomic mass is 32.2. The van der Waals surface area contributed by atoms with Crippen LogP contribution in [0.4, 0.5) is 5.13 Å². The third kappa shape index (κ3) is 3.75. The van der Waals surface area contributed by atoms with Gasteiger partial charge in [0.15, 0.2) is 5.13 Å². The van der Waals surface area contributed by atoms with Gasteiger partial charge < -0.3 is 25.8 Å². The van der Waals surface area contributed by atoms with Crippen LogP contribution in [-0.2, 0) is 14.4 Å². The summed E-state index contributed by atoms with van der Waals surface area (Å²) in [4.78, 5) is 42.9. The number of nitrogens with zero attached hydrogens (tertiary/aromatic N) is 5. The summed E-state index contributed by atoms with van der Waals surface area (Å²) in [5.41, 5.74) is 8.79. The van der Waals surface area contributed by atoms with Crippen LogP contribution in [-0.4, -0.2) is 96.4 Å². The van der Waals surface area contributed by atoms with Crippen molar-refractivity contribution in [2.45, 2.75) is 30.7 Å².